The zero-order chi connectivity index (χ0) is 14.6. The number of nitro groups is 2. The van der Waals surface area contributed by atoms with Gasteiger partial charge in [-0.25, -0.2) is 14.9 Å². The lowest BCUT2D eigenvalue weighted by Gasteiger charge is -2.24. The molecule has 1 aromatic rings. The van der Waals surface area contributed by atoms with E-state index in [1.807, 2.05) is 0 Å². The zero-order valence-electron chi connectivity index (χ0n) is 9.37. The first-order valence-electron chi connectivity index (χ1n) is 4.86. The van der Waals surface area contributed by atoms with E-state index in [0.717, 1.165) is 12.1 Å². The lowest BCUT2D eigenvalue weighted by atomic mass is 10.1. The number of aliphatic hydroxyl groups is 1. The Balaban J connectivity index is 3.50. The van der Waals surface area contributed by atoms with Crippen molar-refractivity contribution in [2.45, 2.75) is 5.66 Å². The summed E-state index contributed by atoms with van der Waals surface area (Å²) < 4.78 is 0. The minimum absolute atomic E-state index is 0.185. The molecule has 0 saturated carbocycles. The first-order chi connectivity index (χ1) is 8.87. The van der Waals surface area contributed by atoms with Gasteiger partial charge in [0, 0.05) is 0 Å². The number of hydrogen-bond donors (Lipinski definition) is 2. The molecule has 0 amide bonds. The van der Waals surface area contributed by atoms with Gasteiger partial charge in [-0.15, -0.1) is 0 Å². The molecule has 0 heterocycles. The van der Waals surface area contributed by atoms with Crippen molar-refractivity contribution >= 4 is 11.7 Å². The van der Waals surface area contributed by atoms with Crippen LogP contribution in [0.2, 0.25) is 0 Å². The van der Waals surface area contributed by atoms with Crippen LogP contribution in [0.25, 0.3) is 0 Å². The fourth-order valence-corrected chi connectivity index (χ4v) is 1.45. The number of aliphatic hydroxyl groups excluding tert-OH is 1. The molecule has 0 fully saturated rings. The molecule has 10 heteroatoms. The van der Waals surface area contributed by atoms with Gasteiger partial charge < -0.3 is 10.2 Å². The molecule has 0 radical (unpaired) electrons. The van der Waals surface area contributed by atoms with Crippen LogP contribution in [0.4, 0.5) is 5.69 Å². The van der Waals surface area contributed by atoms with Crippen LogP contribution in [-0.2, 0) is 4.79 Å². The minimum atomic E-state index is -3.29. The Morgan fingerprint density at radius 3 is 2.11 bits per heavy atom. The standard InChI is InChI=1S/C9H9N3O7/c13-6-9(8(14)15,11(16)17)10(12(18)19)7-4-2-1-3-5-7/h1-5,13H,6H2,(H,14,15)/t9-/m1/s1. The smallest absolute Gasteiger partial charge is 0.466 e. The van der Waals surface area contributed by atoms with E-state index < -0.39 is 28.2 Å². The highest BCUT2D eigenvalue weighted by atomic mass is 16.7. The van der Waals surface area contributed by atoms with E-state index >= 15 is 0 Å². The molecule has 0 saturated heterocycles. The minimum Gasteiger partial charge on any atom is -0.474 e. The Kier molecular flexibility index (Phi) is 3.97. The van der Waals surface area contributed by atoms with Crippen molar-refractivity contribution < 1.29 is 25.0 Å². The molecule has 1 aromatic carbocycles. The Labute approximate surface area is 105 Å². The van der Waals surface area contributed by atoms with Crippen molar-refractivity contribution in [2.24, 2.45) is 0 Å². The first-order valence-corrected chi connectivity index (χ1v) is 4.86. The van der Waals surface area contributed by atoms with E-state index in [1.54, 1.807) is 0 Å². The molecule has 102 valence electrons. The molecule has 2 N–H and O–H groups in total. The predicted octanol–water partition coefficient (Wildman–Crippen LogP) is -0.265. The average molecular weight is 271 g/mol. The monoisotopic (exact) mass is 271 g/mol. The molecule has 19 heavy (non-hydrogen) atoms. The number of aliphatic carboxylic acids is 1. The quantitative estimate of drug-likeness (QED) is 0.408. The molecule has 0 unspecified atom stereocenters. The molecule has 0 bridgehead atoms. The van der Waals surface area contributed by atoms with Gasteiger partial charge in [-0.1, -0.05) is 18.2 Å². The average Bonchev–Trinajstić information content (AvgIpc) is 2.35. The summed E-state index contributed by atoms with van der Waals surface area (Å²) in [6, 6.07) is 6.43. The Morgan fingerprint density at radius 2 is 1.79 bits per heavy atom. The van der Waals surface area contributed by atoms with Gasteiger partial charge in [-0.3, -0.25) is 10.1 Å². The Hall–Kier alpha value is -2.75. The van der Waals surface area contributed by atoms with Gasteiger partial charge in [0.05, 0.1) is 4.92 Å². The lowest BCUT2D eigenvalue weighted by molar-refractivity contribution is -0.626. The van der Waals surface area contributed by atoms with Gasteiger partial charge in [0.25, 0.3) is 0 Å². The van der Waals surface area contributed by atoms with E-state index in [-0.39, 0.29) is 10.7 Å². The number of hydrazine groups is 1. The van der Waals surface area contributed by atoms with Gasteiger partial charge >= 0.3 is 11.6 Å². The third kappa shape index (κ3) is 2.28. The molecular weight excluding hydrogens is 262 g/mol. The molecule has 1 atom stereocenters. The van der Waals surface area contributed by atoms with Crippen molar-refractivity contribution in [2.75, 3.05) is 11.6 Å². The fourth-order valence-electron chi connectivity index (χ4n) is 1.45. The van der Waals surface area contributed by atoms with Gasteiger partial charge in [0.15, 0.2) is 11.6 Å². The summed E-state index contributed by atoms with van der Waals surface area (Å²) in [6.45, 7) is -1.56. The highest BCUT2D eigenvalue weighted by molar-refractivity contribution is 5.80. The predicted molar refractivity (Wildman–Crippen MR) is 60.4 cm³/mol. The number of nitrogens with zero attached hydrogens (tertiary/aromatic N) is 3. The molecule has 0 aliphatic carbocycles. The summed E-state index contributed by atoms with van der Waals surface area (Å²) in [6.07, 6.45) is 0. The number of hydrogen-bond acceptors (Lipinski definition) is 6. The van der Waals surface area contributed by atoms with Crippen molar-refractivity contribution in [1.29, 1.82) is 0 Å². The molecule has 0 aliphatic rings. The third-order valence-corrected chi connectivity index (χ3v) is 2.38. The second-order valence-electron chi connectivity index (χ2n) is 3.42. The summed E-state index contributed by atoms with van der Waals surface area (Å²) in [7, 11) is 0. The highest BCUT2D eigenvalue weighted by Crippen LogP contribution is 2.25. The molecule has 1 rings (SSSR count). The van der Waals surface area contributed by atoms with E-state index in [1.165, 1.54) is 18.2 Å². The maximum atomic E-state index is 11.1. The zero-order valence-corrected chi connectivity index (χ0v) is 9.37. The maximum absolute atomic E-state index is 11.1. The molecule has 10 nitrogen and oxygen atoms in total. The first kappa shape index (κ1) is 14.3. The van der Waals surface area contributed by atoms with Crippen LogP contribution in [0, 0.1) is 20.2 Å². The topological polar surface area (TPSA) is 147 Å². The molecule has 0 aromatic heterocycles. The number of para-hydroxylation sites is 1. The largest absolute Gasteiger partial charge is 0.474 e. The second kappa shape index (κ2) is 5.27. The number of carboxylic acids is 1. The highest BCUT2D eigenvalue weighted by Gasteiger charge is 2.63. The fraction of sp³-hybridized carbons (Fsp3) is 0.222. The van der Waals surface area contributed by atoms with Crippen LogP contribution in [-0.4, -0.2) is 38.4 Å². The summed E-state index contributed by atoms with van der Waals surface area (Å²) in [4.78, 5) is 31.6. The van der Waals surface area contributed by atoms with Crippen LogP contribution >= 0.6 is 0 Å². The Morgan fingerprint density at radius 1 is 1.26 bits per heavy atom. The van der Waals surface area contributed by atoms with Gasteiger partial charge in [0.2, 0.25) is 0 Å². The number of carbonyl (C=O) groups is 1. The SMILES string of the molecule is O=C(O)[C@](CO)(N(c1ccccc1)[N+](=O)[O-])[N+](=O)[O-]. The van der Waals surface area contributed by atoms with Crippen LogP contribution in [0.15, 0.2) is 30.3 Å². The van der Waals surface area contributed by atoms with E-state index in [4.69, 9.17) is 10.2 Å². The van der Waals surface area contributed by atoms with E-state index in [0.29, 0.717) is 0 Å². The van der Waals surface area contributed by atoms with Gasteiger partial charge in [-0.2, -0.15) is 0 Å². The molecule has 0 aliphatic heterocycles. The van der Waals surface area contributed by atoms with Crippen molar-refractivity contribution in [3.05, 3.63) is 50.6 Å². The second-order valence-corrected chi connectivity index (χ2v) is 3.42. The summed E-state index contributed by atoms with van der Waals surface area (Å²) in [5.74, 6) is -2.14. The van der Waals surface area contributed by atoms with Crippen LogP contribution in [0.1, 0.15) is 0 Å². The normalized spacial score (nSPS) is 13.3. The number of benzene rings is 1. The van der Waals surface area contributed by atoms with Crippen molar-refractivity contribution in [3.63, 3.8) is 0 Å². The number of rotatable bonds is 6. The van der Waals surface area contributed by atoms with Crippen molar-refractivity contribution in [1.82, 2.24) is 0 Å². The lowest BCUT2D eigenvalue weighted by Crippen LogP contribution is -2.65. The van der Waals surface area contributed by atoms with E-state index in [2.05, 4.69) is 0 Å². The van der Waals surface area contributed by atoms with Crippen molar-refractivity contribution in [3.8, 4) is 0 Å². The maximum Gasteiger partial charge on any atom is 0.466 e. The Bertz CT molecular complexity index is 490. The van der Waals surface area contributed by atoms with Gasteiger partial charge in [0.1, 0.15) is 5.69 Å². The van der Waals surface area contributed by atoms with E-state index in [9.17, 15) is 25.0 Å². The third-order valence-electron chi connectivity index (χ3n) is 2.38. The number of anilines is 1. The van der Waals surface area contributed by atoms with Gasteiger partial charge in [-0.05, 0) is 17.1 Å². The van der Waals surface area contributed by atoms with Crippen LogP contribution in [0.3, 0.4) is 0 Å². The summed E-state index contributed by atoms with van der Waals surface area (Å²) in [5.41, 5.74) is -3.62. The molecule has 0 spiro atoms. The number of carboxylic acid groups (broad SMARTS) is 1. The summed E-state index contributed by atoms with van der Waals surface area (Å²) >= 11 is 0. The van der Waals surface area contributed by atoms with Crippen LogP contribution < -0.4 is 5.01 Å². The molecular formula is C9H9N3O7. The summed E-state index contributed by atoms with van der Waals surface area (Å²) in [5, 5.41) is 38.4. The van der Waals surface area contributed by atoms with Crippen LogP contribution in [0.5, 0.6) is 0 Å².